The van der Waals surface area contributed by atoms with Crippen LogP contribution in [0.4, 0.5) is 4.39 Å². The van der Waals surface area contributed by atoms with Gasteiger partial charge in [-0.1, -0.05) is 59.6 Å². The lowest BCUT2D eigenvalue weighted by atomic mass is 9.68. The molecule has 1 aliphatic heterocycles. The number of nitrogens with zero attached hydrogens (tertiary/aromatic N) is 1. The van der Waals surface area contributed by atoms with E-state index in [1.54, 1.807) is 24.4 Å². The number of hydrogen-bond donors (Lipinski definition) is 1. The van der Waals surface area contributed by atoms with Crippen molar-refractivity contribution in [1.29, 1.82) is 0 Å². The lowest BCUT2D eigenvalue weighted by Gasteiger charge is -2.35. The highest BCUT2D eigenvalue weighted by atomic mass is 35.5. The van der Waals surface area contributed by atoms with Crippen LogP contribution in [-0.4, -0.2) is 24.7 Å². The zero-order valence-electron chi connectivity index (χ0n) is 16.5. The van der Waals surface area contributed by atoms with E-state index in [1.807, 2.05) is 12.1 Å². The molecular formula is C24H23Cl2FN2O. The van der Waals surface area contributed by atoms with Gasteiger partial charge in [-0.25, -0.2) is 9.37 Å². The second-order valence-corrected chi connectivity index (χ2v) is 8.64. The Hall–Kier alpha value is -2.14. The van der Waals surface area contributed by atoms with Crippen LogP contribution in [0.2, 0.25) is 10.0 Å². The molecule has 0 bridgehead atoms. The highest BCUT2D eigenvalue weighted by Gasteiger charge is 2.43. The highest BCUT2D eigenvalue weighted by Crippen LogP contribution is 2.45. The maximum Gasteiger partial charge on any atom is 0.213 e. The van der Waals surface area contributed by atoms with Crippen LogP contribution in [0.15, 0.2) is 66.9 Å². The van der Waals surface area contributed by atoms with Gasteiger partial charge >= 0.3 is 0 Å². The van der Waals surface area contributed by atoms with E-state index in [1.165, 1.54) is 11.6 Å². The molecule has 0 aliphatic carbocycles. The van der Waals surface area contributed by atoms with Crippen LogP contribution in [0.1, 0.15) is 23.5 Å². The van der Waals surface area contributed by atoms with Crippen molar-refractivity contribution in [2.45, 2.75) is 18.8 Å². The summed E-state index contributed by atoms with van der Waals surface area (Å²) in [6.45, 7) is 2.18. The molecule has 0 radical (unpaired) electrons. The van der Waals surface area contributed by atoms with Crippen molar-refractivity contribution in [3.05, 3.63) is 93.8 Å². The molecule has 3 nitrogen and oxygen atoms in total. The molecule has 0 spiro atoms. The summed E-state index contributed by atoms with van der Waals surface area (Å²) in [5.41, 5.74) is 2.23. The number of hydrogen-bond acceptors (Lipinski definition) is 3. The quantitative estimate of drug-likeness (QED) is 0.491. The molecule has 1 aliphatic rings. The second kappa shape index (κ2) is 9.34. The minimum atomic E-state index is -0.392. The summed E-state index contributed by atoms with van der Waals surface area (Å²) in [6.07, 6.45) is 3.29. The Morgan fingerprint density at radius 3 is 2.67 bits per heavy atom. The first kappa shape index (κ1) is 21.1. The maximum absolute atomic E-state index is 13.8. The lowest BCUT2D eigenvalue weighted by Crippen LogP contribution is -2.33. The van der Waals surface area contributed by atoms with Crippen LogP contribution in [0.5, 0.6) is 5.88 Å². The molecule has 156 valence electrons. The van der Waals surface area contributed by atoms with Gasteiger partial charge in [-0.05, 0) is 47.6 Å². The van der Waals surface area contributed by atoms with Crippen molar-refractivity contribution in [3.8, 4) is 5.88 Å². The van der Waals surface area contributed by atoms with Gasteiger partial charge in [0.2, 0.25) is 5.88 Å². The molecule has 0 amide bonds. The average Bonchev–Trinajstić information content (AvgIpc) is 3.15. The number of aromatic nitrogens is 1. The van der Waals surface area contributed by atoms with Gasteiger partial charge in [0.15, 0.2) is 0 Å². The van der Waals surface area contributed by atoms with Crippen LogP contribution < -0.4 is 10.1 Å². The number of pyridine rings is 1. The molecule has 30 heavy (non-hydrogen) atoms. The van der Waals surface area contributed by atoms with Crippen LogP contribution in [0, 0.1) is 11.2 Å². The van der Waals surface area contributed by atoms with Crippen LogP contribution in [-0.2, 0) is 6.42 Å². The van der Waals surface area contributed by atoms with Crippen molar-refractivity contribution in [3.63, 3.8) is 0 Å². The molecule has 3 aromatic rings. The monoisotopic (exact) mass is 444 g/mol. The Labute approximate surface area is 186 Å². The zero-order valence-corrected chi connectivity index (χ0v) is 18.0. The predicted octanol–water partition coefficient (Wildman–Crippen LogP) is 5.91. The third-order valence-electron chi connectivity index (χ3n) is 5.86. The second-order valence-electron chi connectivity index (χ2n) is 7.79. The summed E-state index contributed by atoms with van der Waals surface area (Å²) in [5.74, 6) is 0.358. The molecule has 2 atom stereocenters. The first-order valence-electron chi connectivity index (χ1n) is 10.00. The summed E-state index contributed by atoms with van der Waals surface area (Å²) in [7, 11) is 0. The van der Waals surface area contributed by atoms with Gasteiger partial charge in [0.05, 0.1) is 16.7 Å². The Morgan fingerprint density at radius 1 is 1.10 bits per heavy atom. The third kappa shape index (κ3) is 4.77. The van der Waals surface area contributed by atoms with Crippen LogP contribution >= 0.6 is 23.2 Å². The summed E-state index contributed by atoms with van der Waals surface area (Å²) in [6, 6.07) is 19.0. The Kier molecular flexibility index (Phi) is 6.57. The van der Waals surface area contributed by atoms with Gasteiger partial charge in [0.25, 0.3) is 0 Å². The summed E-state index contributed by atoms with van der Waals surface area (Å²) in [4.78, 5) is 4.22. The smallest absolute Gasteiger partial charge is 0.213 e. The lowest BCUT2D eigenvalue weighted by molar-refractivity contribution is 0.187. The fourth-order valence-corrected chi connectivity index (χ4v) is 4.65. The number of benzene rings is 2. The standard InChI is InChI=1S/C24H23Cl2FN2O/c25-19-7-9-23(29-14-19)30-11-10-24(13-17-4-2-1-3-5-17)16-28-15-20(24)18-6-8-22(27)21(26)12-18/h1-9,12,14,20,28H,10-11,13,15-16H2/t20-,24+/m0/s1. The van der Waals surface area contributed by atoms with E-state index in [9.17, 15) is 4.39 Å². The van der Waals surface area contributed by atoms with Crippen molar-refractivity contribution >= 4 is 23.2 Å². The first-order valence-corrected chi connectivity index (χ1v) is 10.8. The normalized spacial score (nSPS) is 21.0. The predicted molar refractivity (Wildman–Crippen MR) is 119 cm³/mol. The van der Waals surface area contributed by atoms with Crippen molar-refractivity contribution < 1.29 is 9.13 Å². The number of nitrogens with one attached hydrogen (secondary N) is 1. The Morgan fingerprint density at radius 2 is 1.93 bits per heavy atom. The number of rotatable bonds is 7. The zero-order chi connectivity index (χ0) is 21.0. The van der Waals surface area contributed by atoms with Gasteiger partial charge in [-0.2, -0.15) is 0 Å². The van der Waals surface area contributed by atoms with Crippen molar-refractivity contribution in [2.24, 2.45) is 5.41 Å². The highest BCUT2D eigenvalue weighted by molar-refractivity contribution is 6.30. The molecule has 0 saturated carbocycles. The van der Waals surface area contributed by atoms with E-state index < -0.39 is 5.82 Å². The molecule has 1 fully saturated rings. The van der Waals surface area contributed by atoms with Gasteiger partial charge < -0.3 is 10.1 Å². The molecule has 1 saturated heterocycles. The van der Waals surface area contributed by atoms with E-state index in [0.29, 0.717) is 17.5 Å². The average molecular weight is 445 g/mol. The summed E-state index contributed by atoms with van der Waals surface area (Å²) >= 11 is 12.0. The molecule has 4 rings (SSSR count). The Balaban J connectivity index is 1.58. The largest absolute Gasteiger partial charge is 0.478 e. The van der Waals surface area contributed by atoms with E-state index >= 15 is 0 Å². The fraction of sp³-hybridized carbons (Fsp3) is 0.292. The molecule has 2 heterocycles. The van der Waals surface area contributed by atoms with Gasteiger partial charge in [-0.3, -0.25) is 0 Å². The van der Waals surface area contributed by atoms with E-state index in [-0.39, 0.29) is 16.4 Å². The SMILES string of the molecule is Fc1ccc([C@@H]2CNC[C@@]2(CCOc2ccc(Cl)cn2)Cc2ccccc2)cc1Cl. The third-order valence-corrected chi connectivity index (χ3v) is 6.37. The molecule has 0 unspecified atom stereocenters. The van der Waals surface area contributed by atoms with E-state index in [4.69, 9.17) is 27.9 Å². The fourth-order valence-electron chi connectivity index (χ4n) is 4.35. The van der Waals surface area contributed by atoms with E-state index in [2.05, 4.69) is 34.6 Å². The van der Waals surface area contributed by atoms with E-state index in [0.717, 1.165) is 31.5 Å². The molecular weight excluding hydrogens is 422 g/mol. The van der Waals surface area contributed by atoms with Crippen molar-refractivity contribution in [2.75, 3.05) is 19.7 Å². The Bertz CT molecular complexity index is 984. The number of halogens is 3. The molecule has 6 heteroatoms. The molecule has 2 aromatic carbocycles. The van der Waals surface area contributed by atoms with Crippen LogP contribution in [0.25, 0.3) is 0 Å². The van der Waals surface area contributed by atoms with Gasteiger partial charge in [-0.15, -0.1) is 0 Å². The summed E-state index contributed by atoms with van der Waals surface area (Å²) in [5, 5.41) is 4.29. The minimum absolute atomic E-state index is 0.0884. The summed E-state index contributed by atoms with van der Waals surface area (Å²) < 4.78 is 19.7. The molecule has 1 aromatic heterocycles. The van der Waals surface area contributed by atoms with Gasteiger partial charge in [0, 0.05) is 31.3 Å². The molecule has 1 N–H and O–H groups in total. The van der Waals surface area contributed by atoms with Crippen molar-refractivity contribution in [1.82, 2.24) is 10.3 Å². The van der Waals surface area contributed by atoms with Crippen LogP contribution in [0.3, 0.4) is 0 Å². The van der Waals surface area contributed by atoms with Gasteiger partial charge in [0.1, 0.15) is 5.82 Å². The number of ether oxygens (including phenoxy) is 1. The minimum Gasteiger partial charge on any atom is -0.478 e. The maximum atomic E-state index is 13.8. The first-order chi connectivity index (χ1) is 14.6. The topological polar surface area (TPSA) is 34.1 Å².